The average molecular weight is 353 g/mol. The quantitative estimate of drug-likeness (QED) is 0.618. The lowest BCUT2D eigenvalue weighted by atomic mass is 9.97. The summed E-state index contributed by atoms with van der Waals surface area (Å²) < 4.78 is 17.9. The monoisotopic (exact) mass is 353 g/mol. The molecule has 0 unspecified atom stereocenters. The molecule has 2 aromatic heterocycles. The van der Waals surface area contributed by atoms with Gasteiger partial charge in [0, 0.05) is 18.7 Å². The molecule has 0 saturated carbocycles. The minimum atomic E-state index is -0.128. The summed E-state index contributed by atoms with van der Waals surface area (Å²) in [6.07, 6.45) is 7.34. The molecule has 1 aromatic carbocycles. The van der Waals surface area contributed by atoms with Crippen molar-refractivity contribution in [2.45, 2.75) is 26.2 Å². The number of para-hydroxylation sites is 1. The Hall–Kier alpha value is -2.86. The number of ether oxygens (including phenoxy) is 2. The van der Waals surface area contributed by atoms with Crippen molar-refractivity contribution in [2.75, 3.05) is 13.9 Å². The molecular weight excluding hydrogens is 330 g/mol. The van der Waals surface area contributed by atoms with Crippen molar-refractivity contribution < 1.29 is 13.9 Å². The molecule has 0 saturated heterocycles. The second-order valence-corrected chi connectivity index (χ2v) is 6.88. The predicted octanol–water partition coefficient (Wildman–Crippen LogP) is 4.31. The summed E-state index contributed by atoms with van der Waals surface area (Å²) >= 11 is 0. The smallest absolute Gasteiger partial charge is 0.242 e. The molecule has 0 aliphatic carbocycles. The van der Waals surface area contributed by atoms with Gasteiger partial charge in [0.25, 0.3) is 0 Å². The maximum atomic E-state index is 5.59. The summed E-state index contributed by atoms with van der Waals surface area (Å²) in [5, 5.41) is 4.49. The molecule has 0 radical (unpaired) electrons. The van der Waals surface area contributed by atoms with Crippen LogP contribution in [0.3, 0.4) is 0 Å². The van der Waals surface area contributed by atoms with Crippen LogP contribution in [0, 0.1) is 0 Å². The van der Waals surface area contributed by atoms with Crippen LogP contribution in [0.4, 0.5) is 0 Å². The van der Waals surface area contributed by atoms with Gasteiger partial charge in [-0.05, 0) is 24.3 Å². The van der Waals surface area contributed by atoms with E-state index in [4.69, 9.17) is 13.9 Å². The Balaban J connectivity index is 1.88. The zero-order valence-electron chi connectivity index (χ0n) is 15.5. The van der Waals surface area contributed by atoms with E-state index in [1.807, 2.05) is 48.7 Å². The van der Waals surface area contributed by atoms with Crippen LogP contribution in [0.25, 0.3) is 17.8 Å². The van der Waals surface area contributed by atoms with Crippen molar-refractivity contribution in [3.63, 3.8) is 0 Å². The van der Waals surface area contributed by atoms with E-state index in [9.17, 15) is 0 Å². The van der Waals surface area contributed by atoms with Crippen LogP contribution in [-0.2, 0) is 10.2 Å². The van der Waals surface area contributed by atoms with Crippen molar-refractivity contribution in [1.82, 2.24) is 14.8 Å². The lowest BCUT2D eigenvalue weighted by Gasteiger charge is -2.11. The molecule has 0 aliphatic rings. The average Bonchev–Trinajstić information content (AvgIpc) is 3.25. The molecule has 6 heteroatoms. The predicted molar refractivity (Wildman–Crippen MR) is 100 cm³/mol. The number of aromatic nitrogens is 3. The zero-order valence-corrected chi connectivity index (χ0v) is 15.5. The Morgan fingerprint density at radius 1 is 1.15 bits per heavy atom. The molecule has 0 N–H and O–H groups in total. The van der Waals surface area contributed by atoms with Gasteiger partial charge < -0.3 is 13.9 Å². The standard InChI is InChI=1S/C20H23N3O3/c1-20(2,3)19-21-16(13-25-19)11-10-15-12-23(17-8-6-5-7-9-17)22-18(15)26-14-24-4/h5-13H,14H2,1-4H3/b11-10+. The Kier molecular flexibility index (Phi) is 5.23. The van der Waals surface area contributed by atoms with E-state index in [2.05, 4.69) is 30.9 Å². The van der Waals surface area contributed by atoms with Gasteiger partial charge in [0.15, 0.2) is 12.7 Å². The fraction of sp³-hybridized carbons (Fsp3) is 0.300. The van der Waals surface area contributed by atoms with E-state index in [1.165, 1.54) is 0 Å². The topological polar surface area (TPSA) is 62.3 Å². The second kappa shape index (κ2) is 7.58. The van der Waals surface area contributed by atoms with E-state index >= 15 is 0 Å². The Morgan fingerprint density at radius 3 is 2.58 bits per heavy atom. The molecule has 26 heavy (non-hydrogen) atoms. The molecule has 0 atom stereocenters. The summed E-state index contributed by atoms with van der Waals surface area (Å²) in [4.78, 5) is 4.51. The third-order valence-corrected chi connectivity index (χ3v) is 3.64. The van der Waals surface area contributed by atoms with E-state index in [1.54, 1.807) is 18.1 Å². The maximum absolute atomic E-state index is 5.59. The van der Waals surface area contributed by atoms with Crippen molar-refractivity contribution in [2.24, 2.45) is 0 Å². The third-order valence-electron chi connectivity index (χ3n) is 3.64. The van der Waals surface area contributed by atoms with Gasteiger partial charge in [0.1, 0.15) is 12.0 Å². The van der Waals surface area contributed by atoms with E-state index in [0.29, 0.717) is 11.8 Å². The van der Waals surface area contributed by atoms with Crippen molar-refractivity contribution in [3.8, 4) is 11.6 Å². The van der Waals surface area contributed by atoms with Gasteiger partial charge in [-0.3, -0.25) is 0 Å². The van der Waals surface area contributed by atoms with E-state index < -0.39 is 0 Å². The van der Waals surface area contributed by atoms with Crippen LogP contribution in [0.1, 0.15) is 37.9 Å². The Morgan fingerprint density at radius 2 is 1.92 bits per heavy atom. The highest BCUT2D eigenvalue weighted by atomic mass is 16.7. The molecule has 2 heterocycles. The highest BCUT2D eigenvalue weighted by molar-refractivity contribution is 5.70. The van der Waals surface area contributed by atoms with Crippen molar-refractivity contribution in [3.05, 3.63) is 59.9 Å². The van der Waals surface area contributed by atoms with Gasteiger partial charge >= 0.3 is 0 Å². The number of rotatable bonds is 6. The number of oxazole rings is 1. The van der Waals surface area contributed by atoms with Gasteiger partial charge in [0.05, 0.1) is 11.3 Å². The SMILES string of the molecule is COCOc1nn(-c2ccccc2)cc1/C=C/c1coc(C(C)(C)C)n1. The van der Waals surface area contributed by atoms with Crippen LogP contribution in [-0.4, -0.2) is 28.7 Å². The molecule has 0 fully saturated rings. The van der Waals surface area contributed by atoms with Gasteiger partial charge in [-0.1, -0.05) is 39.0 Å². The summed E-state index contributed by atoms with van der Waals surface area (Å²) in [6, 6.07) is 9.85. The largest absolute Gasteiger partial charge is 0.449 e. The molecule has 136 valence electrons. The van der Waals surface area contributed by atoms with Gasteiger partial charge in [-0.25, -0.2) is 9.67 Å². The summed E-state index contributed by atoms with van der Waals surface area (Å²) in [5.74, 6) is 1.19. The fourth-order valence-electron chi connectivity index (χ4n) is 2.31. The maximum Gasteiger partial charge on any atom is 0.242 e. The molecule has 6 nitrogen and oxygen atoms in total. The Bertz CT molecular complexity index is 873. The highest BCUT2D eigenvalue weighted by Gasteiger charge is 2.19. The van der Waals surface area contributed by atoms with Crippen LogP contribution in [0.2, 0.25) is 0 Å². The third kappa shape index (κ3) is 4.21. The van der Waals surface area contributed by atoms with Gasteiger partial charge in [-0.2, -0.15) is 0 Å². The van der Waals surface area contributed by atoms with Crippen molar-refractivity contribution >= 4 is 12.2 Å². The van der Waals surface area contributed by atoms with Crippen LogP contribution in [0.5, 0.6) is 5.88 Å². The lowest BCUT2D eigenvalue weighted by molar-refractivity contribution is 0.0474. The highest BCUT2D eigenvalue weighted by Crippen LogP contribution is 2.24. The van der Waals surface area contributed by atoms with Crippen LogP contribution in [0.15, 0.2) is 47.2 Å². The minimum Gasteiger partial charge on any atom is -0.449 e. The number of nitrogens with zero attached hydrogens (tertiary/aromatic N) is 3. The van der Waals surface area contributed by atoms with Gasteiger partial charge in [0.2, 0.25) is 5.88 Å². The first kappa shape index (κ1) is 17.9. The summed E-state index contributed by atoms with van der Waals surface area (Å²) in [7, 11) is 1.58. The minimum absolute atomic E-state index is 0.128. The molecule has 3 rings (SSSR count). The molecule has 3 aromatic rings. The van der Waals surface area contributed by atoms with Crippen molar-refractivity contribution in [1.29, 1.82) is 0 Å². The number of hydrogen-bond donors (Lipinski definition) is 0. The van der Waals surface area contributed by atoms with Crippen LogP contribution < -0.4 is 4.74 Å². The first-order valence-corrected chi connectivity index (χ1v) is 8.38. The number of benzene rings is 1. The molecule has 0 aliphatic heterocycles. The lowest BCUT2D eigenvalue weighted by Crippen LogP contribution is -2.11. The molecule has 0 amide bonds. The molecule has 0 bridgehead atoms. The molecular formula is C20H23N3O3. The summed E-state index contributed by atoms with van der Waals surface area (Å²) in [5.41, 5.74) is 2.40. The first-order chi connectivity index (χ1) is 12.5. The summed E-state index contributed by atoms with van der Waals surface area (Å²) in [6.45, 7) is 6.32. The van der Waals surface area contributed by atoms with Gasteiger partial charge in [-0.15, -0.1) is 5.10 Å². The zero-order chi connectivity index (χ0) is 18.6. The number of methoxy groups -OCH3 is 1. The molecule has 0 spiro atoms. The van der Waals surface area contributed by atoms with E-state index in [-0.39, 0.29) is 12.2 Å². The van der Waals surface area contributed by atoms with Crippen LogP contribution >= 0.6 is 0 Å². The Labute approximate surface area is 153 Å². The normalized spacial score (nSPS) is 12.0. The number of hydrogen-bond acceptors (Lipinski definition) is 5. The second-order valence-electron chi connectivity index (χ2n) is 6.88. The van der Waals surface area contributed by atoms with E-state index in [0.717, 1.165) is 16.9 Å². The fourth-order valence-corrected chi connectivity index (χ4v) is 2.31. The first-order valence-electron chi connectivity index (χ1n) is 8.38.